The molecule has 1 aliphatic heterocycles. The number of carbonyl (C=O) groups is 1. The van der Waals surface area contributed by atoms with Gasteiger partial charge in [0.2, 0.25) is 5.91 Å². The van der Waals surface area contributed by atoms with Crippen LogP contribution in [0.3, 0.4) is 0 Å². The molecule has 2 fully saturated rings. The molecule has 1 aliphatic carbocycles. The lowest BCUT2D eigenvalue weighted by atomic mass is 9.94. The Hall–Kier alpha value is -0.320. The summed E-state index contributed by atoms with van der Waals surface area (Å²) < 4.78 is 0. The number of rotatable bonds is 5. The van der Waals surface area contributed by atoms with Crippen LogP contribution in [-0.4, -0.2) is 49.6 Å². The zero-order valence-electron chi connectivity index (χ0n) is 12.9. The number of nitrogens with one attached hydrogen (secondary N) is 2. The molecule has 1 amide bonds. The number of piperidine rings is 1. The number of carbonyl (C=O) groups excluding carboxylic acids is 1. The van der Waals surface area contributed by atoms with Gasteiger partial charge < -0.3 is 15.5 Å². The zero-order valence-corrected chi connectivity index (χ0v) is 13.7. The number of halogens is 1. The highest BCUT2D eigenvalue weighted by Gasteiger charge is 2.24. The Labute approximate surface area is 129 Å². The summed E-state index contributed by atoms with van der Waals surface area (Å²) in [6, 6.07) is 0.769. The van der Waals surface area contributed by atoms with E-state index in [2.05, 4.69) is 29.5 Å². The number of hydrogen-bond donors (Lipinski definition) is 2. The number of hydrogen-bond acceptors (Lipinski definition) is 3. The maximum Gasteiger partial charge on any atom is 0.237 e. The molecule has 2 N–H and O–H groups in total. The summed E-state index contributed by atoms with van der Waals surface area (Å²) in [6.45, 7) is 4.95. The lowest BCUT2D eigenvalue weighted by Crippen LogP contribution is -2.49. The van der Waals surface area contributed by atoms with Gasteiger partial charge in [-0.2, -0.15) is 0 Å². The Balaban J connectivity index is 0.00000200. The van der Waals surface area contributed by atoms with E-state index >= 15 is 0 Å². The Morgan fingerprint density at radius 1 is 1.30 bits per heavy atom. The van der Waals surface area contributed by atoms with E-state index in [0.29, 0.717) is 5.92 Å². The maximum atomic E-state index is 12.1. The molecule has 0 spiro atoms. The van der Waals surface area contributed by atoms with Gasteiger partial charge in [-0.1, -0.05) is 19.8 Å². The normalized spacial score (nSPS) is 27.4. The molecule has 0 bridgehead atoms. The van der Waals surface area contributed by atoms with Crippen molar-refractivity contribution in [2.45, 2.75) is 57.5 Å². The minimum absolute atomic E-state index is 0. The predicted octanol–water partition coefficient (Wildman–Crippen LogP) is 1.79. The first kappa shape index (κ1) is 17.7. The monoisotopic (exact) mass is 303 g/mol. The summed E-state index contributed by atoms with van der Waals surface area (Å²) in [5, 5.41) is 6.40. The Morgan fingerprint density at radius 2 is 2.00 bits per heavy atom. The lowest BCUT2D eigenvalue weighted by Gasteiger charge is -2.28. The van der Waals surface area contributed by atoms with Crippen molar-refractivity contribution in [2.24, 2.45) is 5.92 Å². The van der Waals surface area contributed by atoms with E-state index in [-0.39, 0.29) is 24.4 Å². The lowest BCUT2D eigenvalue weighted by molar-refractivity contribution is -0.124. The van der Waals surface area contributed by atoms with Crippen LogP contribution in [0.4, 0.5) is 0 Å². The van der Waals surface area contributed by atoms with E-state index in [4.69, 9.17) is 0 Å². The first-order valence-corrected chi connectivity index (χ1v) is 7.88. The molecule has 1 saturated heterocycles. The summed E-state index contributed by atoms with van der Waals surface area (Å²) >= 11 is 0. The van der Waals surface area contributed by atoms with Crippen molar-refractivity contribution in [3.8, 4) is 0 Å². The Kier molecular flexibility index (Phi) is 7.85. The molecule has 20 heavy (non-hydrogen) atoms. The van der Waals surface area contributed by atoms with Gasteiger partial charge >= 0.3 is 0 Å². The van der Waals surface area contributed by atoms with Gasteiger partial charge in [0.1, 0.15) is 0 Å². The highest BCUT2D eigenvalue weighted by atomic mass is 35.5. The second-order valence-corrected chi connectivity index (χ2v) is 6.35. The van der Waals surface area contributed by atoms with E-state index in [1.165, 1.54) is 32.1 Å². The van der Waals surface area contributed by atoms with Gasteiger partial charge in [0.05, 0.1) is 6.04 Å². The second kappa shape index (κ2) is 8.85. The molecule has 2 aliphatic rings. The molecule has 4 nitrogen and oxygen atoms in total. The average Bonchev–Trinajstić information content (AvgIpc) is 2.92. The largest absolute Gasteiger partial charge is 0.353 e. The first-order valence-electron chi connectivity index (χ1n) is 7.88. The van der Waals surface area contributed by atoms with Gasteiger partial charge in [-0.3, -0.25) is 4.79 Å². The number of nitrogens with zero attached hydrogens (tertiary/aromatic N) is 1. The van der Waals surface area contributed by atoms with Crippen molar-refractivity contribution >= 4 is 18.3 Å². The molecule has 5 heteroatoms. The zero-order chi connectivity index (χ0) is 13.7. The van der Waals surface area contributed by atoms with Crippen molar-refractivity contribution in [2.75, 3.05) is 26.7 Å². The van der Waals surface area contributed by atoms with Gasteiger partial charge in [0, 0.05) is 19.1 Å². The highest BCUT2D eigenvalue weighted by molar-refractivity contribution is 5.85. The van der Waals surface area contributed by atoms with Gasteiger partial charge in [-0.15, -0.1) is 12.4 Å². The minimum Gasteiger partial charge on any atom is -0.353 e. The molecule has 0 aromatic heterocycles. The summed E-state index contributed by atoms with van der Waals surface area (Å²) in [5.41, 5.74) is 0. The molecular formula is C15H30ClN3O. The van der Waals surface area contributed by atoms with Crippen LogP contribution < -0.4 is 10.6 Å². The highest BCUT2D eigenvalue weighted by Crippen LogP contribution is 2.21. The van der Waals surface area contributed by atoms with Crippen molar-refractivity contribution in [1.29, 1.82) is 0 Å². The fraction of sp³-hybridized carbons (Fsp3) is 0.933. The molecule has 0 radical (unpaired) electrons. The second-order valence-electron chi connectivity index (χ2n) is 6.35. The van der Waals surface area contributed by atoms with Crippen LogP contribution in [-0.2, 0) is 4.79 Å². The van der Waals surface area contributed by atoms with Crippen LogP contribution >= 0.6 is 12.4 Å². The van der Waals surface area contributed by atoms with E-state index < -0.39 is 0 Å². The number of amides is 1. The van der Waals surface area contributed by atoms with Gasteiger partial charge in [-0.25, -0.2) is 0 Å². The van der Waals surface area contributed by atoms with Crippen molar-refractivity contribution < 1.29 is 4.79 Å². The molecule has 2 unspecified atom stereocenters. The van der Waals surface area contributed by atoms with E-state index in [9.17, 15) is 4.79 Å². The summed E-state index contributed by atoms with van der Waals surface area (Å²) in [6.07, 6.45) is 7.55. The molecule has 1 saturated carbocycles. The van der Waals surface area contributed by atoms with E-state index in [1.807, 2.05) is 0 Å². The predicted molar refractivity (Wildman–Crippen MR) is 85.3 cm³/mol. The van der Waals surface area contributed by atoms with Gasteiger partial charge in [0.15, 0.2) is 0 Å². The van der Waals surface area contributed by atoms with Crippen molar-refractivity contribution in [3.05, 3.63) is 0 Å². The average molecular weight is 304 g/mol. The maximum absolute atomic E-state index is 12.1. The van der Waals surface area contributed by atoms with Gasteiger partial charge in [-0.05, 0) is 45.2 Å². The van der Waals surface area contributed by atoms with E-state index in [0.717, 1.165) is 32.1 Å². The molecule has 118 valence electrons. The molecule has 0 aromatic carbocycles. The van der Waals surface area contributed by atoms with Crippen LogP contribution in [0.25, 0.3) is 0 Å². The fourth-order valence-corrected chi connectivity index (χ4v) is 3.31. The third-order valence-corrected chi connectivity index (χ3v) is 4.69. The molecule has 2 rings (SSSR count). The summed E-state index contributed by atoms with van der Waals surface area (Å²) in [4.78, 5) is 14.5. The van der Waals surface area contributed by atoms with Crippen molar-refractivity contribution in [1.82, 2.24) is 15.5 Å². The summed E-state index contributed by atoms with van der Waals surface area (Å²) in [5.74, 6) is 0.851. The SMILES string of the molecule is CC1CCNC(C(=O)NCCN(C)C2CCCC2)C1.Cl. The molecule has 1 heterocycles. The fourth-order valence-electron chi connectivity index (χ4n) is 3.31. The van der Waals surface area contributed by atoms with Gasteiger partial charge in [0.25, 0.3) is 0 Å². The Bertz CT molecular complexity index is 295. The van der Waals surface area contributed by atoms with Crippen molar-refractivity contribution in [3.63, 3.8) is 0 Å². The van der Waals surface area contributed by atoms with Crippen LogP contribution in [0.15, 0.2) is 0 Å². The minimum atomic E-state index is 0. The third kappa shape index (κ3) is 5.23. The molecule has 0 aromatic rings. The quantitative estimate of drug-likeness (QED) is 0.814. The smallest absolute Gasteiger partial charge is 0.237 e. The van der Waals surface area contributed by atoms with Crippen LogP contribution in [0.5, 0.6) is 0 Å². The van der Waals surface area contributed by atoms with Crippen LogP contribution in [0, 0.1) is 5.92 Å². The topological polar surface area (TPSA) is 44.4 Å². The Morgan fingerprint density at radius 3 is 2.65 bits per heavy atom. The number of likely N-dealkylation sites (N-methyl/N-ethyl adjacent to an activating group) is 1. The standard InChI is InChI=1S/C15H29N3O.ClH/c1-12-7-8-16-14(11-12)15(19)17-9-10-18(2)13-5-3-4-6-13;/h12-14,16H,3-11H2,1-2H3,(H,17,19);1H. The molecular weight excluding hydrogens is 274 g/mol. The summed E-state index contributed by atoms with van der Waals surface area (Å²) in [7, 11) is 2.18. The first-order chi connectivity index (χ1) is 9.16. The van der Waals surface area contributed by atoms with Crippen LogP contribution in [0.1, 0.15) is 45.4 Å². The van der Waals surface area contributed by atoms with Crippen LogP contribution in [0.2, 0.25) is 0 Å². The third-order valence-electron chi connectivity index (χ3n) is 4.69. The molecule has 2 atom stereocenters. The van der Waals surface area contributed by atoms with E-state index in [1.54, 1.807) is 0 Å².